The van der Waals surface area contributed by atoms with Gasteiger partial charge < -0.3 is 4.90 Å². The maximum atomic E-state index is 4.66. The van der Waals surface area contributed by atoms with Crippen molar-refractivity contribution in [2.45, 2.75) is 51.1 Å². The third kappa shape index (κ3) is 1.72. The van der Waals surface area contributed by atoms with Crippen molar-refractivity contribution >= 4 is 22.0 Å². The number of anilines is 1. The number of aryl methyl sites for hydroxylation is 1. The molecule has 4 fully saturated rings. The minimum Gasteiger partial charge on any atom is -0.354 e. The fourth-order valence-electron chi connectivity index (χ4n) is 7.63. The average Bonchev–Trinajstić information content (AvgIpc) is 3.30. The Hall–Kier alpha value is -1.81. The van der Waals surface area contributed by atoms with Crippen LogP contribution in [0.15, 0.2) is 36.7 Å². The molecule has 3 nitrogen and oxygen atoms in total. The summed E-state index contributed by atoms with van der Waals surface area (Å²) in [6.45, 7) is 3.36. The van der Waals surface area contributed by atoms with Crippen LogP contribution in [-0.2, 0) is 12.1 Å². The summed E-state index contributed by atoms with van der Waals surface area (Å²) in [5.41, 5.74) is 4.68. The Kier molecular flexibility index (Phi) is 2.79. The van der Waals surface area contributed by atoms with Crippen molar-refractivity contribution in [3.63, 3.8) is 0 Å². The highest BCUT2D eigenvalue weighted by Gasteiger charge is 2.64. The summed E-state index contributed by atoms with van der Waals surface area (Å²) < 4.78 is 2.46. The van der Waals surface area contributed by atoms with Crippen molar-refractivity contribution in [3.8, 4) is 0 Å². The number of rotatable bonds is 1. The molecule has 0 unspecified atom stereocenters. The van der Waals surface area contributed by atoms with Gasteiger partial charge in [-0.05, 0) is 74.3 Å². The van der Waals surface area contributed by atoms with E-state index in [-0.39, 0.29) is 5.54 Å². The number of aromatic nitrogens is 2. The summed E-state index contributed by atoms with van der Waals surface area (Å²) >= 11 is 1.93. The van der Waals surface area contributed by atoms with E-state index >= 15 is 0 Å². The standard InChI is InChI=1S/C23H25N3S/c1-14-4-2-3-5-19(14)26-13-20-21(25-7-6-24-22(25)27-20)23(26)17-9-15-8-16(11-17)12-18(23)10-15/h2-7,15-18H,8-13H2,1H3. The van der Waals surface area contributed by atoms with E-state index in [4.69, 9.17) is 0 Å². The molecule has 1 aliphatic heterocycles. The van der Waals surface area contributed by atoms with E-state index in [9.17, 15) is 0 Å². The van der Waals surface area contributed by atoms with Gasteiger partial charge in [0.2, 0.25) is 0 Å². The van der Waals surface area contributed by atoms with Crippen LogP contribution in [0, 0.1) is 30.6 Å². The van der Waals surface area contributed by atoms with Gasteiger partial charge in [-0.15, -0.1) is 0 Å². The maximum Gasteiger partial charge on any atom is 0.194 e. The molecule has 5 aliphatic rings. The first-order valence-corrected chi connectivity index (χ1v) is 11.3. The van der Waals surface area contributed by atoms with Crippen molar-refractivity contribution < 1.29 is 0 Å². The summed E-state index contributed by atoms with van der Waals surface area (Å²) in [5, 5.41) is 0. The summed E-state index contributed by atoms with van der Waals surface area (Å²) in [4.78, 5) is 10.3. The number of thiazole rings is 1. The highest BCUT2D eigenvalue weighted by Crippen LogP contribution is 2.67. The van der Waals surface area contributed by atoms with E-state index in [0.717, 1.165) is 30.2 Å². The number of imidazole rings is 1. The number of hydrogen-bond donors (Lipinski definition) is 0. The van der Waals surface area contributed by atoms with Gasteiger partial charge in [0.15, 0.2) is 4.96 Å². The minimum atomic E-state index is 0.188. The van der Waals surface area contributed by atoms with Crippen LogP contribution < -0.4 is 4.90 Å². The number of para-hydroxylation sites is 1. The lowest BCUT2D eigenvalue weighted by Crippen LogP contribution is -2.62. The third-order valence-corrected chi connectivity index (χ3v) is 9.30. The number of nitrogens with zero attached hydrogens (tertiary/aromatic N) is 3. The van der Waals surface area contributed by atoms with Crippen LogP contribution in [-0.4, -0.2) is 9.38 Å². The molecule has 3 aromatic rings. The Balaban J connectivity index is 1.52. The van der Waals surface area contributed by atoms with Crippen LogP contribution >= 0.6 is 11.3 Å². The predicted octanol–water partition coefficient (Wildman–Crippen LogP) is 5.38. The predicted molar refractivity (Wildman–Crippen MR) is 109 cm³/mol. The first kappa shape index (κ1) is 15.2. The highest BCUT2D eigenvalue weighted by atomic mass is 32.1. The largest absolute Gasteiger partial charge is 0.354 e. The maximum absolute atomic E-state index is 4.66. The van der Waals surface area contributed by atoms with Crippen molar-refractivity contribution in [1.29, 1.82) is 0 Å². The molecule has 4 heteroatoms. The molecule has 4 bridgehead atoms. The Bertz CT molecular complexity index is 1030. The van der Waals surface area contributed by atoms with E-state index in [1.165, 1.54) is 48.3 Å². The molecule has 27 heavy (non-hydrogen) atoms. The zero-order chi connectivity index (χ0) is 17.8. The molecular formula is C23H25N3S. The topological polar surface area (TPSA) is 20.5 Å². The zero-order valence-electron chi connectivity index (χ0n) is 15.8. The lowest BCUT2D eigenvalue weighted by Gasteiger charge is -2.63. The van der Waals surface area contributed by atoms with Crippen molar-refractivity contribution in [2.75, 3.05) is 4.90 Å². The quantitative estimate of drug-likeness (QED) is 0.569. The Morgan fingerprint density at radius 1 is 1.04 bits per heavy atom. The molecule has 1 aromatic carbocycles. The van der Waals surface area contributed by atoms with Gasteiger partial charge in [-0.25, -0.2) is 4.98 Å². The normalized spacial score (nSPS) is 36.3. The van der Waals surface area contributed by atoms with Crippen molar-refractivity contribution in [3.05, 3.63) is 52.8 Å². The van der Waals surface area contributed by atoms with E-state index in [2.05, 4.69) is 51.7 Å². The molecule has 2 aromatic heterocycles. The van der Waals surface area contributed by atoms with Crippen LogP contribution in [0.5, 0.6) is 0 Å². The molecule has 4 saturated carbocycles. The Morgan fingerprint density at radius 3 is 2.52 bits per heavy atom. The molecule has 0 atom stereocenters. The second-order valence-electron chi connectivity index (χ2n) is 9.46. The lowest BCUT2D eigenvalue weighted by molar-refractivity contribution is -0.0608. The first-order chi connectivity index (χ1) is 13.2. The Labute approximate surface area is 164 Å². The summed E-state index contributed by atoms with van der Waals surface area (Å²) in [6.07, 6.45) is 11.4. The molecule has 8 rings (SSSR count). The van der Waals surface area contributed by atoms with Gasteiger partial charge in [-0.2, -0.15) is 0 Å². The van der Waals surface area contributed by atoms with Crippen LogP contribution in [0.4, 0.5) is 5.69 Å². The molecule has 4 aliphatic carbocycles. The molecule has 0 saturated heterocycles. The number of benzene rings is 1. The monoisotopic (exact) mass is 375 g/mol. The summed E-state index contributed by atoms with van der Waals surface area (Å²) in [6, 6.07) is 9.07. The molecule has 1 spiro atoms. The molecule has 0 amide bonds. The number of fused-ring (bicyclic) bond motifs is 3. The SMILES string of the molecule is Cc1ccccc1N1Cc2sc3nccn3c2C12C1CC3CC(C1)CC2C3. The van der Waals surface area contributed by atoms with Gasteiger partial charge in [0.05, 0.1) is 17.8 Å². The second kappa shape index (κ2) is 4.96. The first-order valence-electron chi connectivity index (χ1n) is 10.5. The highest BCUT2D eigenvalue weighted by molar-refractivity contribution is 7.17. The van der Waals surface area contributed by atoms with Crippen LogP contribution in [0.2, 0.25) is 0 Å². The van der Waals surface area contributed by atoms with Gasteiger partial charge >= 0.3 is 0 Å². The fourth-order valence-corrected chi connectivity index (χ4v) is 8.77. The van der Waals surface area contributed by atoms with Gasteiger partial charge in [0, 0.05) is 23.0 Å². The molecule has 0 radical (unpaired) electrons. The smallest absolute Gasteiger partial charge is 0.194 e. The van der Waals surface area contributed by atoms with Gasteiger partial charge in [0.25, 0.3) is 0 Å². The Morgan fingerprint density at radius 2 is 1.78 bits per heavy atom. The van der Waals surface area contributed by atoms with Gasteiger partial charge in [-0.3, -0.25) is 4.40 Å². The molecule has 3 heterocycles. The van der Waals surface area contributed by atoms with Crippen molar-refractivity contribution in [2.24, 2.45) is 23.7 Å². The second-order valence-corrected chi connectivity index (χ2v) is 10.5. The van der Waals surface area contributed by atoms with E-state index < -0.39 is 0 Å². The van der Waals surface area contributed by atoms with Crippen LogP contribution in [0.25, 0.3) is 4.96 Å². The average molecular weight is 376 g/mol. The summed E-state index contributed by atoms with van der Waals surface area (Å²) in [5.74, 6) is 3.57. The van der Waals surface area contributed by atoms with E-state index in [1.807, 2.05) is 17.5 Å². The lowest BCUT2D eigenvalue weighted by atomic mass is 9.47. The van der Waals surface area contributed by atoms with Gasteiger partial charge in [-0.1, -0.05) is 29.5 Å². The molecule has 0 N–H and O–H groups in total. The fraction of sp³-hybridized carbons (Fsp3) is 0.522. The minimum absolute atomic E-state index is 0.188. The third-order valence-electron chi connectivity index (χ3n) is 8.24. The molecular weight excluding hydrogens is 350 g/mol. The van der Waals surface area contributed by atoms with Gasteiger partial charge in [0.1, 0.15) is 0 Å². The van der Waals surface area contributed by atoms with Crippen LogP contribution in [0.1, 0.15) is 48.2 Å². The van der Waals surface area contributed by atoms with Crippen LogP contribution in [0.3, 0.4) is 0 Å². The van der Waals surface area contributed by atoms with E-state index in [1.54, 1.807) is 10.6 Å². The molecule has 138 valence electrons. The number of hydrogen-bond acceptors (Lipinski definition) is 3. The summed E-state index contributed by atoms with van der Waals surface area (Å²) in [7, 11) is 0. The van der Waals surface area contributed by atoms with Crippen molar-refractivity contribution in [1.82, 2.24) is 9.38 Å². The zero-order valence-corrected chi connectivity index (χ0v) is 16.6. The van der Waals surface area contributed by atoms with E-state index in [0.29, 0.717) is 0 Å².